The number of unbranched alkanes of at least 4 members (excludes halogenated alkanes) is 8. The van der Waals surface area contributed by atoms with Gasteiger partial charge in [-0.1, -0.05) is 146 Å². The zero-order valence-electron chi connectivity index (χ0n) is 23.6. The normalized spacial score (nSPS) is 13.9. The van der Waals surface area contributed by atoms with E-state index in [0.29, 0.717) is 0 Å². The highest BCUT2D eigenvalue weighted by atomic mass is 28.4. The lowest BCUT2D eigenvalue weighted by Crippen LogP contribution is -2.68. The molecule has 0 unspecified atom stereocenters. The van der Waals surface area contributed by atoms with E-state index in [1.54, 1.807) is 0 Å². The highest BCUT2D eigenvalue weighted by molar-refractivity contribution is 6.99. The van der Waals surface area contributed by atoms with Crippen molar-refractivity contribution in [2.75, 3.05) is 0 Å². The van der Waals surface area contributed by atoms with Crippen LogP contribution in [-0.2, 0) is 4.43 Å². The summed E-state index contributed by atoms with van der Waals surface area (Å²) >= 11 is 0. The topological polar surface area (TPSA) is 29.5 Å². The van der Waals surface area contributed by atoms with Gasteiger partial charge in [-0.2, -0.15) is 0 Å². The molecule has 0 saturated carbocycles. The molecule has 2 nitrogen and oxygen atoms in total. The van der Waals surface area contributed by atoms with Gasteiger partial charge in [0.15, 0.2) is 0 Å². The van der Waals surface area contributed by atoms with E-state index in [2.05, 4.69) is 94.9 Å². The third-order valence-corrected chi connectivity index (χ3v) is 12.5. The first-order valence-electron chi connectivity index (χ1n) is 14.4. The van der Waals surface area contributed by atoms with Crippen LogP contribution in [0.15, 0.2) is 73.3 Å². The van der Waals surface area contributed by atoms with Crippen LogP contribution in [-0.4, -0.2) is 25.6 Å². The summed E-state index contributed by atoms with van der Waals surface area (Å²) in [7, 11) is -2.69. The van der Waals surface area contributed by atoms with Crippen molar-refractivity contribution in [1.29, 1.82) is 0 Å². The predicted molar refractivity (Wildman–Crippen MR) is 160 cm³/mol. The summed E-state index contributed by atoms with van der Waals surface area (Å²) in [5, 5.41) is 13.9. The molecule has 2 aromatic rings. The minimum absolute atomic E-state index is 0.0892. The number of aliphatic hydroxyl groups excluding tert-OH is 1. The summed E-state index contributed by atoms with van der Waals surface area (Å²) in [6, 6.07) is 21.6. The Bertz CT molecular complexity index is 788. The highest BCUT2D eigenvalue weighted by Gasteiger charge is 2.51. The van der Waals surface area contributed by atoms with Gasteiger partial charge in [-0.25, -0.2) is 0 Å². The first kappa shape index (κ1) is 30.5. The molecule has 2 atom stereocenters. The zero-order valence-corrected chi connectivity index (χ0v) is 24.6. The lowest BCUT2D eigenvalue weighted by atomic mass is 10.0. The van der Waals surface area contributed by atoms with Crippen molar-refractivity contribution in [1.82, 2.24) is 0 Å². The zero-order chi connectivity index (χ0) is 26.3. The number of aliphatic hydroxyl groups is 1. The third kappa shape index (κ3) is 9.01. The van der Waals surface area contributed by atoms with Crippen LogP contribution in [0.3, 0.4) is 0 Å². The molecule has 0 fully saturated rings. The van der Waals surface area contributed by atoms with Crippen LogP contribution < -0.4 is 10.4 Å². The summed E-state index contributed by atoms with van der Waals surface area (Å²) in [6.07, 6.45) is 15.1. The van der Waals surface area contributed by atoms with Crippen LogP contribution in [0.25, 0.3) is 0 Å². The molecule has 0 amide bonds. The summed E-state index contributed by atoms with van der Waals surface area (Å²) < 4.78 is 7.39. The van der Waals surface area contributed by atoms with Crippen LogP contribution >= 0.6 is 0 Å². The minimum Gasteiger partial charge on any atom is -0.402 e. The van der Waals surface area contributed by atoms with E-state index in [4.69, 9.17) is 4.43 Å². The monoisotopic (exact) mass is 508 g/mol. The standard InChI is InChI=1S/C33H52O2Si/c1-6-8-10-11-12-13-14-22-28-32(31(34)27-17-9-7-2)35-36(33(3,4)5,29-23-18-15-19-24-29)30-25-20-16-21-26-30/h7,15-16,18-21,23-26,31-32,34H,2,6,8-14,17,22,27-28H2,1,3-5H3/t31-,32+/m1/s1. The lowest BCUT2D eigenvalue weighted by molar-refractivity contribution is 0.0177. The third-order valence-electron chi connectivity index (χ3n) is 7.42. The van der Waals surface area contributed by atoms with E-state index < -0.39 is 14.4 Å². The largest absolute Gasteiger partial charge is 0.402 e. The molecule has 200 valence electrons. The fourth-order valence-corrected chi connectivity index (χ4v) is 10.1. The van der Waals surface area contributed by atoms with Crippen molar-refractivity contribution in [3.8, 4) is 0 Å². The molecule has 0 aromatic heterocycles. The molecule has 2 rings (SSSR count). The van der Waals surface area contributed by atoms with Gasteiger partial charge in [-0.15, -0.1) is 6.58 Å². The van der Waals surface area contributed by atoms with E-state index in [0.717, 1.165) is 32.1 Å². The molecule has 2 aromatic carbocycles. The maximum absolute atomic E-state index is 11.4. The molecule has 1 N–H and O–H groups in total. The minimum atomic E-state index is -2.69. The Labute approximate surface area is 223 Å². The van der Waals surface area contributed by atoms with Crippen LogP contribution in [0.5, 0.6) is 0 Å². The molecule has 0 aliphatic rings. The maximum Gasteiger partial charge on any atom is 0.261 e. The Morgan fingerprint density at radius 3 is 1.75 bits per heavy atom. The van der Waals surface area contributed by atoms with Crippen molar-refractivity contribution in [3.63, 3.8) is 0 Å². The lowest BCUT2D eigenvalue weighted by Gasteiger charge is -2.46. The second-order valence-corrected chi connectivity index (χ2v) is 15.6. The Kier molecular flexibility index (Phi) is 13.8. The van der Waals surface area contributed by atoms with Crippen LogP contribution in [0, 0.1) is 0 Å². The number of benzene rings is 2. The van der Waals surface area contributed by atoms with Crippen molar-refractivity contribution in [2.45, 2.75) is 122 Å². The average molecular weight is 509 g/mol. The molecular formula is C33H52O2Si. The molecule has 0 aliphatic carbocycles. The van der Waals surface area contributed by atoms with Gasteiger partial charge in [-0.3, -0.25) is 0 Å². The van der Waals surface area contributed by atoms with Gasteiger partial charge in [-0.05, 0) is 41.1 Å². The predicted octanol–water partition coefficient (Wildman–Crippen LogP) is 8.18. The molecule has 0 heterocycles. The SMILES string of the molecule is C=CCCC[C@@H](O)[C@H](CCCCCCCCCC)O[Si](c1ccccc1)(c1ccccc1)C(C)(C)C. The number of allylic oxidation sites excluding steroid dienone is 1. The molecule has 0 saturated heterocycles. The van der Waals surface area contributed by atoms with Crippen molar-refractivity contribution < 1.29 is 9.53 Å². The second kappa shape index (κ2) is 16.2. The molecule has 0 spiro atoms. The maximum atomic E-state index is 11.4. The van der Waals surface area contributed by atoms with Gasteiger partial charge < -0.3 is 9.53 Å². The summed E-state index contributed by atoms with van der Waals surface area (Å²) in [5.74, 6) is 0. The van der Waals surface area contributed by atoms with Crippen LogP contribution in [0.4, 0.5) is 0 Å². The molecule has 36 heavy (non-hydrogen) atoms. The van der Waals surface area contributed by atoms with E-state index in [1.807, 2.05) is 6.08 Å². The quantitative estimate of drug-likeness (QED) is 0.125. The molecule has 3 heteroatoms. The molecule has 0 bridgehead atoms. The van der Waals surface area contributed by atoms with E-state index >= 15 is 0 Å². The summed E-state index contributed by atoms with van der Waals surface area (Å²) in [6.45, 7) is 13.1. The van der Waals surface area contributed by atoms with Gasteiger partial charge >= 0.3 is 0 Å². The summed E-state index contributed by atoms with van der Waals surface area (Å²) in [4.78, 5) is 0. The van der Waals surface area contributed by atoms with Gasteiger partial charge in [0.05, 0.1) is 12.2 Å². The number of hydrogen-bond acceptors (Lipinski definition) is 2. The average Bonchev–Trinajstić information content (AvgIpc) is 2.88. The molecule has 0 radical (unpaired) electrons. The van der Waals surface area contributed by atoms with E-state index in [9.17, 15) is 5.11 Å². The van der Waals surface area contributed by atoms with E-state index in [1.165, 1.54) is 55.3 Å². The van der Waals surface area contributed by atoms with Gasteiger partial charge in [0.1, 0.15) is 0 Å². The number of hydrogen-bond donors (Lipinski definition) is 1. The van der Waals surface area contributed by atoms with Gasteiger partial charge in [0.2, 0.25) is 0 Å². The van der Waals surface area contributed by atoms with Crippen LogP contribution in [0.1, 0.15) is 105 Å². The molecule has 0 aliphatic heterocycles. The van der Waals surface area contributed by atoms with Gasteiger partial charge in [0, 0.05) is 0 Å². The smallest absolute Gasteiger partial charge is 0.261 e. The Balaban J connectivity index is 2.30. The van der Waals surface area contributed by atoms with Gasteiger partial charge in [0.25, 0.3) is 8.32 Å². The second-order valence-electron chi connectivity index (χ2n) is 11.4. The number of rotatable bonds is 18. The Morgan fingerprint density at radius 2 is 1.28 bits per heavy atom. The van der Waals surface area contributed by atoms with E-state index in [-0.39, 0.29) is 11.1 Å². The fraction of sp³-hybridized carbons (Fsp3) is 0.576. The highest BCUT2D eigenvalue weighted by Crippen LogP contribution is 2.38. The fourth-order valence-electron chi connectivity index (χ4n) is 5.38. The Hall–Kier alpha value is -1.68. The van der Waals surface area contributed by atoms with Crippen LogP contribution in [0.2, 0.25) is 5.04 Å². The van der Waals surface area contributed by atoms with Crippen molar-refractivity contribution in [3.05, 3.63) is 73.3 Å². The van der Waals surface area contributed by atoms with Crippen molar-refractivity contribution in [2.24, 2.45) is 0 Å². The summed E-state index contributed by atoms with van der Waals surface area (Å²) in [5.41, 5.74) is 0. The first-order chi connectivity index (χ1) is 17.4. The van der Waals surface area contributed by atoms with Crippen molar-refractivity contribution >= 4 is 18.7 Å². The first-order valence-corrected chi connectivity index (χ1v) is 16.4. The molecular weight excluding hydrogens is 456 g/mol. The Morgan fingerprint density at radius 1 is 0.778 bits per heavy atom.